The smallest absolute Gasteiger partial charge is 0.341 e. The van der Waals surface area contributed by atoms with E-state index in [-0.39, 0.29) is 23.0 Å². The van der Waals surface area contributed by atoms with E-state index >= 15 is 0 Å². The van der Waals surface area contributed by atoms with Gasteiger partial charge in [-0.2, -0.15) is 0 Å². The van der Waals surface area contributed by atoms with Crippen LogP contribution in [-0.4, -0.2) is 33.2 Å². The lowest BCUT2D eigenvalue weighted by molar-refractivity contribution is -0.115. The Kier molecular flexibility index (Phi) is 6.20. The highest BCUT2D eigenvalue weighted by molar-refractivity contribution is 7.91. The van der Waals surface area contributed by atoms with E-state index in [2.05, 4.69) is 5.32 Å². The number of aryl methyl sites for hydroxylation is 1. The van der Waals surface area contributed by atoms with Crippen LogP contribution in [0.3, 0.4) is 0 Å². The number of amides is 1. The third-order valence-electron chi connectivity index (χ3n) is 4.05. The van der Waals surface area contributed by atoms with Crippen molar-refractivity contribution in [2.24, 2.45) is 0 Å². The van der Waals surface area contributed by atoms with E-state index in [1.165, 1.54) is 30.6 Å². The molecular formula is C18H21NO5S2. The number of hydrogen-bond donors (Lipinski definition) is 1. The van der Waals surface area contributed by atoms with E-state index in [1.807, 2.05) is 6.92 Å². The number of sulfone groups is 1. The molecule has 2 rings (SSSR count). The number of anilines is 1. The second kappa shape index (κ2) is 8.01. The largest absolute Gasteiger partial charge is 0.465 e. The topological polar surface area (TPSA) is 89.5 Å². The number of methoxy groups -OCH3 is 1. The first-order valence-electron chi connectivity index (χ1n) is 7.99. The van der Waals surface area contributed by atoms with Crippen LogP contribution in [0.4, 0.5) is 5.00 Å². The highest BCUT2D eigenvalue weighted by atomic mass is 32.2. The Morgan fingerprint density at radius 1 is 1.15 bits per heavy atom. The maximum Gasteiger partial charge on any atom is 0.341 e. The van der Waals surface area contributed by atoms with Gasteiger partial charge in [-0.25, -0.2) is 13.2 Å². The van der Waals surface area contributed by atoms with Crippen LogP contribution in [0, 0.1) is 13.8 Å². The molecule has 8 heteroatoms. The van der Waals surface area contributed by atoms with Gasteiger partial charge in [0.1, 0.15) is 5.00 Å². The Morgan fingerprint density at radius 2 is 1.77 bits per heavy atom. The third-order valence-corrected chi connectivity index (χ3v) is 6.93. The second-order valence-corrected chi connectivity index (χ2v) is 9.25. The fourth-order valence-corrected chi connectivity index (χ4v) is 4.35. The lowest BCUT2D eigenvalue weighted by Gasteiger charge is -2.07. The van der Waals surface area contributed by atoms with Gasteiger partial charge >= 0.3 is 5.97 Å². The molecule has 1 N–H and O–H groups in total. The number of hydrogen-bond acceptors (Lipinski definition) is 6. The molecule has 2 aromatic rings. The zero-order valence-corrected chi connectivity index (χ0v) is 16.7. The first-order chi connectivity index (χ1) is 12.2. The molecule has 26 heavy (non-hydrogen) atoms. The summed E-state index contributed by atoms with van der Waals surface area (Å²) >= 11 is 1.32. The summed E-state index contributed by atoms with van der Waals surface area (Å²) in [7, 11) is -1.96. The van der Waals surface area contributed by atoms with E-state index in [0.29, 0.717) is 16.1 Å². The minimum absolute atomic E-state index is 0.0280. The van der Waals surface area contributed by atoms with Gasteiger partial charge in [-0.05, 0) is 37.1 Å². The van der Waals surface area contributed by atoms with Crippen LogP contribution in [0.1, 0.15) is 33.3 Å². The number of benzene rings is 1. The van der Waals surface area contributed by atoms with Gasteiger partial charge < -0.3 is 10.1 Å². The van der Waals surface area contributed by atoms with Gasteiger partial charge in [0, 0.05) is 4.88 Å². The number of esters is 1. The number of rotatable bonds is 6. The highest BCUT2D eigenvalue weighted by Gasteiger charge is 2.21. The Morgan fingerprint density at radius 3 is 2.31 bits per heavy atom. The normalized spacial score (nSPS) is 11.2. The molecule has 0 bridgehead atoms. The summed E-state index contributed by atoms with van der Waals surface area (Å²) in [6, 6.07) is 6.24. The van der Waals surface area contributed by atoms with Gasteiger partial charge in [0.05, 0.1) is 29.7 Å². The molecule has 1 aromatic carbocycles. The molecule has 0 fully saturated rings. The number of thiophene rings is 1. The van der Waals surface area contributed by atoms with Crippen LogP contribution < -0.4 is 5.32 Å². The quantitative estimate of drug-likeness (QED) is 0.759. The van der Waals surface area contributed by atoms with Crippen molar-refractivity contribution in [2.75, 3.05) is 18.2 Å². The predicted molar refractivity (Wildman–Crippen MR) is 102 cm³/mol. The van der Waals surface area contributed by atoms with Crippen LogP contribution in [0.2, 0.25) is 0 Å². The average Bonchev–Trinajstić information content (AvgIpc) is 2.88. The summed E-state index contributed by atoms with van der Waals surface area (Å²) in [6.07, 6.45) is 0.0725. The molecule has 0 unspecified atom stereocenters. The highest BCUT2D eigenvalue weighted by Crippen LogP contribution is 2.33. The van der Waals surface area contributed by atoms with E-state index < -0.39 is 15.8 Å². The first-order valence-corrected chi connectivity index (χ1v) is 10.5. The predicted octanol–water partition coefficient (Wildman–Crippen LogP) is 3.13. The summed E-state index contributed by atoms with van der Waals surface area (Å²) in [6.45, 7) is 5.26. The van der Waals surface area contributed by atoms with E-state index in [0.717, 1.165) is 10.4 Å². The molecule has 140 valence electrons. The molecule has 0 saturated carbocycles. The Balaban J connectivity index is 2.15. The maximum absolute atomic E-state index is 12.3. The maximum atomic E-state index is 12.3. The van der Waals surface area contributed by atoms with Crippen molar-refractivity contribution in [3.8, 4) is 0 Å². The number of carbonyl (C=O) groups excluding carboxylic acids is 2. The molecule has 1 aromatic heterocycles. The Hall–Kier alpha value is -2.19. The van der Waals surface area contributed by atoms with E-state index in [9.17, 15) is 18.0 Å². The molecule has 0 radical (unpaired) electrons. The van der Waals surface area contributed by atoms with Gasteiger partial charge in [-0.3, -0.25) is 4.79 Å². The van der Waals surface area contributed by atoms with Crippen LogP contribution >= 0.6 is 11.3 Å². The second-order valence-electron chi connectivity index (χ2n) is 5.75. The number of nitrogens with one attached hydrogen (secondary N) is 1. The molecule has 1 amide bonds. The monoisotopic (exact) mass is 395 g/mol. The molecule has 0 saturated heterocycles. The number of carbonyl (C=O) groups is 2. The van der Waals surface area contributed by atoms with Crippen molar-refractivity contribution in [1.29, 1.82) is 0 Å². The summed E-state index contributed by atoms with van der Waals surface area (Å²) in [5.41, 5.74) is 1.83. The van der Waals surface area contributed by atoms with Gasteiger partial charge in [-0.15, -0.1) is 11.3 Å². The number of ether oxygens (including phenoxy) is 1. The first kappa shape index (κ1) is 20.1. The summed E-state index contributed by atoms with van der Waals surface area (Å²) in [5, 5.41) is 3.21. The fourth-order valence-electron chi connectivity index (χ4n) is 2.40. The van der Waals surface area contributed by atoms with Crippen LogP contribution in [-0.2, 0) is 25.8 Å². The molecule has 0 aliphatic carbocycles. The molecule has 0 aliphatic rings. The van der Waals surface area contributed by atoms with Gasteiger partial charge in [-0.1, -0.05) is 19.1 Å². The molecule has 1 heterocycles. The van der Waals surface area contributed by atoms with Crippen molar-refractivity contribution in [3.05, 3.63) is 45.8 Å². The molecule has 6 nitrogen and oxygen atoms in total. The zero-order chi connectivity index (χ0) is 19.5. The minimum Gasteiger partial charge on any atom is -0.465 e. The van der Waals surface area contributed by atoms with Crippen LogP contribution in [0.25, 0.3) is 0 Å². The standard InChI is InChI=1S/C18H21NO5S2/c1-5-26(22,23)14-8-6-13(7-9-14)10-15(20)19-17-16(18(21)24-4)11(2)12(3)25-17/h6-9H,5,10H2,1-4H3,(H,19,20). The Bertz CT molecular complexity index is 927. The van der Waals surface area contributed by atoms with Crippen LogP contribution in [0.15, 0.2) is 29.2 Å². The molecule has 0 spiro atoms. The summed E-state index contributed by atoms with van der Waals surface area (Å²) in [4.78, 5) is 25.4. The lowest BCUT2D eigenvalue weighted by Crippen LogP contribution is -2.16. The summed E-state index contributed by atoms with van der Waals surface area (Å²) in [5.74, 6) is -0.751. The molecular weight excluding hydrogens is 374 g/mol. The van der Waals surface area contributed by atoms with E-state index in [1.54, 1.807) is 26.0 Å². The fraction of sp³-hybridized carbons (Fsp3) is 0.333. The molecule has 0 atom stereocenters. The van der Waals surface area contributed by atoms with Crippen molar-refractivity contribution in [3.63, 3.8) is 0 Å². The van der Waals surface area contributed by atoms with Gasteiger partial charge in [0.2, 0.25) is 5.91 Å². The van der Waals surface area contributed by atoms with Crippen LogP contribution in [0.5, 0.6) is 0 Å². The SMILES string of the molecule is CCS(=O)(=O)c1ccc(CC(=O)Nc2sc(C)c(C)c2C(=O)OC)cc1. The average molecular weight is 396 g/mol. The molecule has 0 aliphatic heterocycles. The van der Waals surface area contributed by atoms with Crippen molar-refractivity contribution >= 4 is 38.1 Å². The summed E-state index contributed by atoms with van der Waals surface area (Å²) < 4.78 is 28.4. The lowest BCUT2D eigenvalue weighted by atomic mass is 10.1. The third kappa shape index (κ3) is 4.31. The minimum atomic E-state index is -3.26. The van der Waals surface area contributed by atoms with Crippen molar-refractivity contribution < 1.29 is 22.7 Å². The van der Waals surface area contributed by atoms with Crippen molar-refractivity contribution in [1.82, 2.24) is 0 Å². The van der Waals surface area contributed by atoms with E-state index in [4.69, 9.17) is 4.74 Å². The Labute approximate surface area is 157 Å². The zero-order valence-electron chi connectivity index (χ0n) is 15.1. The van der Waals surface area contributed by atoms with Crippen molar-refractivity contribution in [2.45, 2.75) is 32.1 Å². The van der Waals surface area contributed by atoms with Gasteiger partial charge in [0.25, 0.3) is 0 Å². The van der Waals surface area contributed by atoms with Gasteiger partial charge in [0.15, 0.2) is 9.84 Å².